The van der Waals surface area contributed by atoms with Crippen LogP contribution in [0.5, 0.6) is 0 Å². The zero-order valence-electron chi connectivity index (χ0n) is 8.51. The summed E-state index contributed by atoms with van der Waals surface area (Å²) in [6, 6.07) is 0. The fraction of sp³-hybridized carbons (Fsp3) is 0.444. The van der Waals surface area contributed by atoms with Crippen LogP contribution in [0.2, 0.25) is 0 Å². The van der Waals surface area contributed by atoms with Gasteiger partial charge in [-0.3, -0.25) is 4.79 Å². The highest BCUT2D eigenvalue weighted by atomic mass is 32.1. The Hall–Kier alpha value is -1.63. The number of aliphatic carboxylic acids is 1. The van der Waals surface area contributed by atoms with Crippen molar-refractivity contribution in [2.24, 2.45) is 16.5 Å². The first-order valence-corrected chi connectivity index (χ1v) is 5.71. The number of carbonyl (C=O) groups is 1. The fourth-order valence-electron chi connectivity index (χ4n) is 1.80. The van der Waals surface area contributed by atoms with Gasteiger partial charge in [0.2, 0.25) is 5.13 Å². The van der Waals surface area contributed by atoms with Crippen molar-refractivity contribution in [1.29, 1.82) is 0 Å². The average Bonchev–Trinajstić information content (AvgIpc) is 2.57. The lowest BCUT2D eigenvalue weighted by atomic mass is 9.91. The average molecular weight is 240 g/mol. The highest BCUT2D eigenvalue weighted by Crippen LogP contribution is 2.37. The van der Waals surface area contributed by atoms with E-state index in [1.54, 1.807) is 0 Å². The Morgan fingerprint density at radius 2 is 2.31 bits per heavy atom. The van der Waals surface area contributed by atoms with Gasteiger partial charge in [-0.05, 0) is 19.3 Å². The van der Waals surface area contributed by atoms with E-state index < -0.39 is 11.9 Å². The minimum absolute atomic E-state index is 0.0574. The number of fused-ring (bicyclic) bond motifs is 1. The number of aromatic nitrogens is 1. The lowest BCUT2D eigenvalue weighted by Crippen LogP contribution is -2.21. The number of nitrogens with two attached hydrogens (primary N) is 2. The summed E-state index contributed by atoms with van der Waals surface area (Å²) in [4.78, 5) is 20.0. The van der Waals surface area contributed by atoms with Gasteiger partial charge in [0.15, 0.2) is 5.96 Å². The topological polar surface area (TPSA) is 115 Å². The van der Waals surface area contributed by atoms with Crippen molar-refractivity contribution in [3.63, 3.8) is 0 Å². The smallest absolute Gasteiger partial charge is 0.312 e. The van der Waals surface area contributed by atoms with Gasteiger partial charge in [-0.25, -0.2) is 4.98 Å². The van der Waals surface area contributed by atoms with Crippen molar-refractivity contribution >= 4 is 28.4 Å². The minimum atomic E-state index is -0.831. The quantitative estimate of drug-likeness (QED) is 0.516. The minimum Gasteiger partial charge on any atom is -0.481 e. The highest BCUT2D eigenvalue weighted by Gasteiger charge is 2.29. The molecule has 0 bridgehead atoms. The fourth-order valence-corrected chi connectivity index (χ4v) is 2.86. The zero-order valence-corrected chi connectivity index (χ0v) is 9.33. The lowest BCUT2D eigenvalue weighted by Gasteiger charge is -2.16. The molecule has 1 unspecified atom stereocenters. The van der Waals surface area contributed by atoms with Gasteiger partial charge in [-0.1, -0.05) is 11.3 Å². The number of rotatable bonds is 2. The van der Waals surface area contributed by atoms with Gasteiger partial charge in [0.1, 0.15) is 5.92 Å². The second-order valence-corrected chi connectivity index (χ2v) is 4.69. The van der Waals surface area contributed by atoms with Crippen LogP contribution in [0.15, 0.2) is 4.99 Å². The molecule has 0 spiro atoms. The number of hydrogen-bond acceptors (Lipinski definition) is 4. The van der Waals surface area contributed by atoms with E-state index >= 15 is 0 Å². The summed E-state index contributed by atoms with van der Waals surface area (Å²) in [5.74, 6) is -1.40. The summed E-state index contributed by atoms with van der Waals surface area (Å²) in [5, 5.41) is 9.50. The molecule has 1 aromatic heterocycles. The van der Waals surface area contributed by atoms with Gasteiger partial charge >= 0.3 is 5.97 Å². The third kappa shape index (κ3) is 1.99. The van der Waals surface area contributed by atoms with Crippen LogP contribution in [0.1, 0.15) is 29.3 Å². The summed E-state index contributed by atoms with van der Waals surface area (Å²) >= 11 is 1.36. The molecule has 6 nitrogen and oxygen atoms in total. The Bertz CT molecular complexity index is 450. The third-order valence-electron chi connectivity index (χ3n) is 2.47. The molecular weight excluding hydrogens is 228 g/mol. The molecule has 0 aromatic carbocycles. The van der Waals surface area contributed by atoms with Crippen molar-refractivity contribution in [3.05, 3.63) is 10.6 Å². The maximum absolute atomic E-state index is 11.0. The van der Waals surface area contributed by atoms with E-state index in [0.717, 1.165) is 17.7 Å². The Labute approximate surface area is 96.0 Å². The van der Waals surface area contributed by atoms with Crippen molar-refractivity contribution in [1.82, 2.24) is 4.98 Å². The van der Waals surface area contributed by atoms with Crippen LogP contribution in [-0.4, -0.2) is 22.0 Å². The maximum atomic E-state index is 11.0. The van der Waals surface area contributed by atoms with Gasteiger partial charge < -0.3 is 16.6 Å². The number of hydrogen-bond donors (Lipinski definition) is 3. The molecule has 0 amide bonds. The molecule has 1 aromatic rings. The normalized spacial score (nSPS) is 18.9. The van der Waals surface area contributed by atoms with Crippen LogP contribution in [0.4, 0.5) is 5.13 Å². The first kappa shape index (κ1) is 10.9. The lowest BCUT2D eigenvalue weighted by molar-refractivity contribution is -0.139. The number of aliphatic imine (C=N–C) groups is 1. The molecule has 1 aliphatic rings. The summed E-state index contributed by atoms with van der Waals surface area (Å²) in [6.45, 7) is 0. The molecule has 1 aliphatic carbocycles. The first-order valence-electron chi connectivity index (χ1n) is 4.90. The molecule has 0 saturated heterocycles. The molecule has 7 heteroatoms. The van der Waals surface area contributed by atoms with E-state index in [0.29, 0.717) is 17.2 Å². The molecule has 16 heavy (non-hydrogen) atoms. The number of aryl methyl sites for hydroxylation is 1. The number of nitrogens with zero attached hydrogens (tertiary/aromatic N) is 2. The molecule has 5 N–H and O–H groups in total. The predicted molar refractivity (Wildman–Crippen MR) is 60.9 cm³/mol. The van der Waals surface area contributed by atoms with E-state index in [1.807, 2.05) is 0 Å². The van der Waals surface area contributed by atoms with Gasteiger partial charge in [-0.2, -0.15) is 4.99 Å². The van der Waals surface area contributed by atoms with E-state index in [9.17, 15) is 4.79 Å². The van der Waals surface area contributed by atoms with E-state index in [-0.39, 0.29) is 5.96 Å². The van der Waals surface area contributed by atoms with E-state index in [1.165, 1.54) is 11.3 Å². The summed E-state index contributed by atoms with van der Waals surface area (Å²) < 4.78 is 0. The molecular formula is C9H12N4O2S. The molecule has 2 rings (SSSR count). The molecule has 1 atom stereocenters. The molecule has 86 valence electrons. The number of carboxylic acids is 1. The second kappa shape index (κ2) is 4.09. The van der Waals surface area contributed by atoms with E-state index in [2.05, 4.69) is 9.98 Å². The van der Waals surface area contributed by atoms with Crippen molar-refractivity contribution in [2.45, 2.75) is 25.2 Å². The van der Waals surface area contributed by atoms with Gasteiger partial charge in [0, 0.05) is 4.88 Å². The largest absolute Gasteiger partial charge is 0.481 e. The van der Waals surface area contributed by atoms with Crippen LogP contribution in [0.25, 0.3) is 0 Å². The van der Waals surface area contributed by atoms with Crippen LogP contribution in [-0.2, 0) is 11.2 Å². The van der Waals surface area contributed by atoms with E-state index in [4.69, 9.17) is 16.6 Å². The van der Waals surface area contributed by atoms with Crippen LogP contribution in [0, 0.1) is 0 Å². The van der Waals surface area contributed by atoms with Crippen LogP contribution >= 0.6 is 11.3 Å². The molecule has 0 radical (unpaired) electrons. The number of carboxylic acid groups (broad SMARTS) is 1. The molecule has 0 aliphatic heterocycles. The van der Waals surface area contributed by atoms with Gasteiger partial charge in [0.25, 0.3) is 0 Å². The van der Waals surface area contributed by atoms with Crippen LogP contribution in [0.3, 0.4) is 0 Å². The summed E-state index contributed by atoms with van der Waals surface area (Å²) in [7, 11) is 0. The summed E-state index contributed by atoms with van der Waals surface area (Å²) in [6.07, 6.45) is 2.36. The standard InChI is InChI=1S/C9H12N4O2S/c10-8(11)13-9-12-6-4(7(14)15)2-1-3-5(6)16-9/h4H,1-3H2,(H,14,15)(H4,10,11,12,13). The molecule has 1 heterocycles. The third-order valence-corrected chi connectivity index (χ3v) is 3.49. The monoisotopic (exact) mass is 240 g/mol. The number of thiazole rings is 1. The Morgan fingerprint density at radius 3 is 2.94 bits per heavy atom. The zero-order chi connectivity index (χ0) is 11.7. The Balaban J connectivity index is 2.38. The van der Waals surface area contributed by atoms with Crippen LogP contribution < -0.4 is 11.5 Å². The SMILES string of the molecule is NC(N)=Nc1nc2c(s1)CCCC2C(=O)O. The summed E-state index contributed by atoms with van der Waals surface area (Å²) in [5.41, 5.74) is 11.1. The highest BCUT2D eigenvalue weighted by molar-refractivity contribution is 7.15. The van der Waals surface area contributed by atoms with Gasteiger partial charge in [0.05, 0.1) is 5.69 Å². The Morgan fingerprint density at radius 1 is 1.56 bits per heavy atom. The second-order valence-electron chi connectivity index (χ2n) is 3.62. The Kier molecular flexibility index (Phi) is 2.78. The predicted octanol–water partition coefficient (Wildman–Crippen LogP) is 0.552. The molecule has 0 fully saturated rings. The first-order chi connectivity index (χ1) is 7.58. The van der Waals surface area contributed by atoms with Crippen molar-refractivity contribution in [3.8, 4) is 0 Å². The van der Waals surface area contributed by atoms with Gasteiger partial charge in [-0.15, -0.1) is 0 Å². The number of guanidine groups is 1. The van der Waals surface area contributed by atoms with Crippen molar-refractivity contribution in [2.75, 3.05) is 0 Å². The van der Waals surface area contributed by atoms with Crippen molar-refractivity contribution < 1.29 is 9.90 Å². The molecule has 0 saturated carbocycles. The maximum Gasteiger partial charge on any atom is 0.312 e.